The van der Waals surface area contributed by atoms with Gasteiger partial charge in [-0.15, -0.1) is 10.2 Å². The molecule has 0 unspecified atom stereocenters. The maximum Gasteiger partial charge on any atom is 0.321 e. The molecule has 9 heteroatoms. The molecule has 0 saturated heterocycles. The summed E-state index contributed by atoms with van der Waals surface area (Å²) in [7, 11) is 1.78. The molecule has 1 rings (SSSR count). The normalized spacial score (nSPS) is 11.0. The summed E-state index contributed by atoms with van der Waals surface area (Å²) in [5, 5.41) is 21.0. The Morgan fingerprint density at radius 3 is 2.57 bits per heavy atom. The molecule has 1 aromatic heterocycles. The third kappa shape index (κ3) is 5.21. The van der Waals surface area contributed by atoms with Gasteiger partial charge < -0.3 is 15.0 Å². The van der Waals surface area contributed by atoms with Gasteiger partial charge in [0.15, 0.2) is 0 Å². The Morgan fingerprint density at radius 2 is 2.05 bits per heavy atom. The van der Waals surface area contributed by atoms with Crippen LogP contribution in [0.15, 0.2) is 6.33 Å². The van der Waals surface area contributed by atoms with E-state index in [9.17, 15) is 14.4 Å². The predicted molar refractivity (Wildman–Crippen MR) is 72.3 cm³/mol. The Labute approximate surface area is 121 Å². The van der Waals surface area contributed by atoms with Crippen molar-refractivity contribution in [3.8, 4) is 0 Å². The van der Waals surface area contributed by atoms with E-state index < -0.39 is 23.3 Å². The minimum Gasteiger partial charge on any atom is -0.481 e. The number of amides is 3. The highest BCUT2D eigenvalue weighted by Crippen LogP contribution is 2.19. The van der Waals surface area contributed by atoms with Gasteiger partial charge in [-0.05, 0) is 13.8 Å². The number of carboxylic acids is 1. The van der Waals surface area contributed by atoms with Crippen LogP contribution < -0.4 is 10.6 Å². The van der Waals surface area contributed by atoms with E-state index in [1.165, 1.54) is 13.8 Å². The zero-order valence-electron chi connectivity index (χ0n) is 12.2. The average molecular weight is 297 g/mol. The number of imide groups is 1. The van der Waals surface area contributed by atoms with Crippen LogP contribution >= 0.6 is 0 Å². The third-order valence-electron chi connectivity index (χ3n) is 2.87. The Morgan fingerprint density at radius 1 is 1.38 bits per heavy atom. The van der Waals surface area contributed by atoms with Crippen LogP contribution in [0.2, 0.25) is 0 Å². The topological polar surface area (TPSA) is 126 Å². The molecular weight excluding hydrogens is 278 g/mol. The largest absolute Gasteiger partial charge is 0.481 e. The molecular formula is C12H19N5O4. The van der Waals surface area contributed by atoms with Crippen molar-refractivity contribution in [3.05, 3.63) is 12.2 Å². The van der Waals surface area contributed by atoms with Gasteiger partial charge in [0.25, 0.3) is 0 Å². The molecule has 1 heterocycles. The lowest BCUT2D eigenvalue weighted by Crippen LogP contribution is -2.42. The molecule has 3 N–H and O–H groups in total. The van der Waals surface area contributed by atoms with E-state index in [0.717, 1.165) is 0 Å². The second-order valence-corrected chi connectivity index (χ2v) is 5.28. The smallest absolute Gasteiger partial charge is 0.321 e. The van der Waals surface area contributed by atoms with Crippen molar-refractivity contribution in [1.29, 1.82) is 0 Å². The maximum atomic E-state index is 11.6. The highest BCUT2D eigenvalue weighted by molar-refractivity contribution is 5.96. The van der Waals surface area contributed by atoms with Crippen molar-refractivity contribution in [2.75, 3.05) is 6.54 Å². The van der Waals surface area contributed by atoms with Crippen molar-refractivity contribution in [2.24, 2.45) is 12.5 Å². The van der Waals surface area contributed by atoms with E-state index in [4.69, 9.17) is 5.11 Å². The molecule has 0 aromatic carbocycles. The molecule has 0 bridgehead atoms. The third-order valence-corrected chi connectivity index (χ3v) is 2.87. The van der Waals surface area contributed by atoms with Gasteiger partial charge in [-0.25, -0.2) is 4.79 Å². The second-order valence-electron chi connectivity index (χ2n) is 5.28. The van der Waals surface area contributed by atoms with Crippen LogP contribution in [0.1, 0.15) is 26.1 Å². The van der Waals surface area contributed by atoms with Crippen LogP contribution in [-0.4, -0.2) is 44.3 Å². The van der Waals surface area contributed by atoms with E-state index in [1.54, 1.807) is 17.9 Å². The molecule has 116 valence electrons. The first-order chi connectivity index (χ1) is 9.72. The molecule has 0 atom stereocenters. The summed E-state index contributed by atoms with van der Waals surface area (Å²) in [6.07, 6.45) is 1.74. The summed E-state index contributed by atoms with van der Waals surface area (Å²) >= 11 is 0. The highest BCUT2D eigenvalue weighted by Gasteiger charge is 2.30. The van der Waals surface area contributed by atoms with E-state index in [1.807, 2.05) is 0 Å². The van der Waals surface area contributed by atoms with Crippen LogP contribution in [0.3, 0.4) is 0 Å². The summed E-state index contributed by atoms with van der Waals surface area (Å²) in [6.45, 7) is 3.12. The predicted octanol–water partition coefficient (Wildman–Crippen LogP) is -0.316. The quantitative estimate of drug-likeness (QED) is 0.661. The lowest BCUT2D eigenvalue weighted by Gasteiger charge is -2.17. The van der Waals surface area contributed by atoms with Gasteiger partial charge in [0.2, 0.25) is 5.91 Å². The summed E-state index contributed by atoms with van der Waals surface area (Å²) in [5.74, 6) is -1.03. The molecule has 21 heavy (non-hydrogen) atoms. The first-order valence-electron chi connectivity index (χ1n) is 6.36. The fourth-order valence-electron chi connectivity index (χ4n) is 1.51. The average Bonchev–Trinajstić information content (AvgIpc) is 2.74. The monoisotopic (exact) mass is 297 g/mol. The van der Waals surface area contributed by atoms with Gasteiger partial charge in [-0.3, -0.25) is 14.9 Å². The standard InChI is InChI=1S/C12H19N5O4/c1-12(2,10(19)20)6-9(18)15-11(21)13-5-4-8-16-14-7-17(8)3/h7H,4-6H2,1-3H3,(H,19,20)(H2,13,15,18,21). The van der Waals surface area contributed by atoms with Crippen LogP contribution in [0.4, 0.5) is 4.79 Å². The Balaban J connectivity index is 2.32. The molecule has 1 aromatic rings. The van der Waals surface area contributed by atoms with E-state index in [0.29, 0.717) is 12.2 Å². The van der Waals surface area contributed by atoms with Crippen molar-refractivity contribution in [3.63, 3.8) is 0 Å². The van der Waals surface area contributed by atoms with E-state index in [-0.39, 0.29) is 13.0 Å². The highest BCUT2D eigenvalue weighted by atomic mass is 16.4. The zero-order valence-corrected chi connectivity index (χ0v) is 12.2. The molecule has 0 aliphatic rings. The Hall–Kier alpha value is -2.45. The van der Waals surface area contributed by atoms with Crippen LogP contribution in [-0.2, 0) is 23.1 Å². The molecule has 9 nitrogen and oxygen atoms in total. The number of urea groups is 1. The summed E-state index contributed by atoms with van der Waals surface area (Å²) in [5.41, 5.74) is -1.22. The van der Waals surface area contributed by atoms with E-state index >= 15 is 0 Å². The number of hydrogen-bond acceptors (Lipinski definition) is 5. The fourth-order valence-corrected chi connectivity index (χ4v) is 1.51. The van der Waals surface area contributed by atoms with Crippen molar-refractivity contribution in [2.45, 2.75) is 26.7 Å². The number of carbonyl (C=O) groups excluding carboxylic acids is 2. The number of carbonyl (C=O) groups is 3. The number of nitrogens with zero attached hydrogens (tertiary/aromatic N) is 3. The molecule has 0 saturated carbocycles. The Kier molecular flexibility index (Phi) is 5.39. The van der Waals surface area contributed by atoms with Crippen LogP contribution in [0.25, 0.3) is 0 Å². The minimum atomic E-state index is -1.22. The number of aliphatic carboxylic acids is 1. The SMILES string of the molecule is Cn1cnnc1CCNC(=O)NC(=O)CC(C)(C)C(=O)O. The Bertz CT molecular complexity index is 538. The summed E-state index contributed by atoms with van der Waals surface area (Å²) < 4.78 is 1.72. The molecule has 0 aliphatic heterocycles. The number of hydrogen-bond donors (Lipinski definition) is 3. The molecule has 0 radical (unpaired) electrons. The van der Waals surface area contributed by atoms with E-state index in [2.05, 4.69) is 20.8 Å². The lowest BCUT2D eigenvalue weighted by atomic mass is 9.89. The van der Waals surface area contributed by atoms with Crippen molar-refractivity contribution < 1.29 is 19.5 Å². The van der Waals surface area contributed by atoms with Gasteiger partial charge in [0, 0.05) is 26.4 Å². The molecule has 0 spiro atoms. The summed E-state index contributed by atoms with van der Waals surface area (Å²) in [6, 6.07) is -0.664. The van der Waals surface area contributed by atoms with Crippen LogP contribution in [0, 0.1) is 5.41 Å². The van der Waals surface area contributed by atoms with Gasteiger partial charge in [-0.1, -0.05) is 0 Å². The van der Waals surface area contributed by atoms with Gasteiger partial charge >= 0.3 is 12.0 Å². The van der Waals surface area contributed by atoms with Crippen LogP contribution in [0.5, 0.6) is 0 Å². The first kappa shape index (κ1) is 16.6. The maximum absolute atomic E-state index is 11.6. The first-order valence-corrected chi connectivity index (χ1v) is 6.36. The van der Waals surface area contributed by atoms with Crippen molar-refractivity contribution >= 4 is 17.9 Å². The van der Waals surface area contributed by atoms with Gasteiger partial charge in [0.1, 0.15) is 12.2 Å². The van der Waals surface area contributed by atoms with Crippen molar-refractivity contribution in [1.82, 2.24) is 25.4 Å². The number of nitrogens with one attached hydrogen (secondary N) is 2. The number of aromatic nitrogens is 3. The number of carboxylic acid groups (broad SMARTS) is 1. The molecule has 0 fully saturated rings. The number of rotatable bonds is 6. The second kappa shape index (κ2) is 6.82. The molecule has 0 aliphatic carbocycles. The number of aryl methyl sites for hydroxylation is 1. The lowest BCUT2D eigenvalue weighted by molar-refractivity contribution is -0.149. The van der Waals surface area contributed by atoms with Gasteiger partial charge in [-0.2, -0.15) is 0 Å². The molecule has 3 amide bonds. The summed E-state index contributed by atoms with van der Waals surface area (Å²) in [4.78, 5) is 33.9. The minimum absolute atomic E-state index is 0.279. The fraction of sp³-hybridized carbons (Fsp3) is 0.583. The zero-order chi connectivity index (χ0) is 16.0. The van der Waals surface area contributed by atoms with Gasteiger partial charge in [0.05, 0.1) is 5.41 Å².